The van der Waals surface area contributed by atoms with E-state index in [1.54, 1.807) is 49.3 Å². The number of nitrogens with one attached hydrogen (secondary N) is 3. The van der Waals surface area contributed by atoms with E-state index >= 15 is 0 Å². The third kappa shape index (κ3) is 7.93. The second kappa shape index (κ2) is 13.7. The Bertz CT molecular complexity index is 1660. The van der Waals surface area contributed by atoms with Crippen LogP contribution in [0.4, 0.5) is 17.2 Å². The fraction of sp³-hybridized carbons (Fsp3) is 0.294. The van der Waals surface area contributed by atoms with Crippen molar-refractivity contribution in [2.45, 2.75) is 40.0 Å². The molecule has 1 aromatic heterocycles. The van der Waals surface area contributed by atoms with Crippen LogP contribution in [-0.2, 0) is 12.5 Å². The molecule has 0 saturated heterocycles. The lowest BCUT2D eigenvalue weighted by Gasteiger charge is -2.19. The lowest BCUT2D eigenvalue weighted by Crippen LogP contribution is -2.25. The first-order valence-corrected chi connectivity index (χ1v) is 15.5. The highest BCUT2D eigenvalue weighted by Crippen LogP contribution is 2.29. The van der Waals surface area contributed by atoms with Crippen LogP contribution in [0.15, 0.2) is 77.7 Å². The Morgan fingerprint density at radius 1 is 0.930 bits per heavy atom. The normalized spacial score (nSPS) is 11.2. The molecule has 3 N–H and O–H groups in total. The maximum absolute atomic E-state index is 13.1. The fourth-order valence-corrected chi connectivity index (χ4v) is 5.04. The lowest BCUT2D eigenvalue weighted by atomic mass is 9.86. The Morgan fingerprint density at radius 3 is 2.23 bits per heavy atom. The topological polar surface area (TPSA) is 105 Å². The molecule has 0 saturated carbocycles. The Morgan fingerprint density at radius 2 is 1.58 bits per heavy atom. The Kier molecular flexibility index (Phi) is 10.1. The number of amides is 2. The molecule has 1 heterocycles. The Labute approximate surface area is 257 Å². The van der Waals surface area contributed by atoms with Crippen LogP contribution in [-0.4, -0.2) is 39.4 Å². The van der Waals surface area contributed by atoms with Gasteiger partial charge in [0.2, 0.25) is 0 Å². The van der Waals surface area contributed by atoms with Crippen LogP contribution < -0.4 is 21.5 Å². The number of rotatable bonds is 10. The van der Waals surface area contributed by atoms with Crippen LogP contribution in [0.5, 0.6) is 0 Å². The van der Waals surface area contributed by atoms with E-state index in [0.717, 1.165) is 28.2 Å². The molecule has 0 radical (unpaired) electrons. The minimum absolute atomic E-state index is 0.00328. The van der Waals surface area contributed by atoms with Crippen molar-refractivity contribution in [3.63, 3.8) is 0 Å². The number of aromatic nitrogens is 2. The summed E-state index contributed by atoms with van der Waals surface area (Å²) in [5.74, 6) is 1.70. The molecule has 0 bridgehead atoms. The molecule has 0 aliphatic rings. The van der Waals surface area contributed by atoms with Gasteiger partial charge in [0.1, 0.15) is 0 Å². The SMILES string of the molecule is CCSCCNC(=O)c1ccc(Nc2nc(-c3cccc(NC(=O)c4ccc(C(C)(C)C)cc4)c3C)cn(C)c2=O)cc1. The van der Waals surface area contributed by atoms with Crippen LogP contribution in [0.25, 0.3) is 11.3 Å². The van der Waals surface area contributed by atoms with E-state index in [2.05, 4.69) is 48.6 Å². The van der Waals surface area contributed by atoms with Crippen LogP contribution in [0.3, 0.4) is 0 Å². The van der Waals surface area contributed by atoms with Gasteiger partial charge < -0.3 is 20.5 Å². The number of benzene rings is 3. The number of carbonyl (C=O) groups excluding carboxylic acids is 2. The number of hydrogen-bond acceptors (Lipinski definition) is 6. The minimum atomic E-state index is -0.292. The molecule has 0 aliphatic heterocycles. The third-order valence-corrected chi connectivity index (χ3v) is 7.99. The van der Waals surface area contributed by atoms with Crippen LogP contribution in [0.2, 0.25) is 0 Å². The van der Waals surface area contributed by atoms with Gasteiger partial charge in [0, 0.05) is 53.6 Å². The lowest BCUT2D eigenvalue weighted by molar-refractivity contribution is 0.0955. The molecule has 3 aromatic carbocycles. The summed E-state index contributed by atoms with van der Waals surface area (Å²) in [4.78, 5) is 43.1. The molecule has 224 valence electrons. The molecule has 0 fully saturated rings. The molecule has 4 aromatic rings. The van der Waals surface area contributed by atoms with Crippen molar-refractivity contribution in [3.8, 4) is 11.3 Å². The van der Waals surface area contributed by atoms with Gasteiger partial charge in [0.15, 0.2) is 5.82 Å². The smallest absolute Gasteiger partial charge is 0.293 e. The van der Waals surface area contributed by atoms with Crippen molar-refractivity contribution in [2.24, 2.45) is 7.05 Å². The molecule has 8 nitrogen and oxygen atoms in total. The van der Waals surface area contributed by atoms with Crippen molar-refractivity contribution in [3.05, 3.63) is 106 Å². The van der Waals surface area contributed by atoms with Gasteiger partial charge in [0.25, 0.3) is 17.4 Å². The predicted molar refractivity (Wildman–Crippen MR) is 178 cm³/mol. The Balaban J connectivity index is 1.52. The van der Waals surface area contributed by atoms with Crippen LogP contribution >= 0.6 is 11.8 Å². The summed E-state index contributed by atoms with van der Waals surface area (Å²) in [7, 11) is 1.67. The Hall–Kier alpha value is -4.37. The van der Waals surface area contributed by atoms with Crippen molar-refractivity contribution in [1.29, 1.82) is 0 Å². The van der Waals surface area contributed by atoms with Crippen molar-refractivity contribution in [1.82, 2.24) is 14.9 Å². The van der Waals surface area contributed by atoms with Crippen molar-refractivity contribution in [2.75, 3.05) is 28.7 Å². The van der Waals surface area contributed by atoms with Crippen molar-refractivity contribution < 1.29 is 9.59 Å². The van der Waals surface area contributed by atoms with Gasteiger partial charge in [-0.3, -0.25) is 14.4 Å². The van der Waals surface area contributed by atoms with Gasteiger partial charge in [-0.25, -0.2) is 4.98 Å². The van der Waals surface area contributed by atoms with E-state index in [4.69, 9.17) is 0 Å². The van der Waals surface area contributed by atoms with E-state index in [1.165, 1.54) is 4.57 Å². The maximum Gasteiger partial charge on any atom is 0.293 e. The molecule has 0 unspecified atom stereocenters. The summed E-state index contributed by atoms with van der Waals surface area (Å²) >= 11 is 1.77. The number of carbonyl (C=O) groups is 2. The second-order valence-electron chi connectivity index (χ2n) is 11.3. The van der Waals surface area contributed by atoms with Crippen LogP contribution in [0, 0.1) is 6.92 Å². The third-order valence-electron chi connectivity index (χ3n) is 7.09. The predicted octanol–water partition coefficient (Wildman–Crippen LogP) is 6.53. The summed E-state index contributed by atoms with van der Waals surface area (Å²) in [6, 6.07) is 20.2. The quantitative estimate of drug-likeness (QED) is 0.180. The largest absolute Gasteiger partial charge is 0.351 e. The summed E-state index contributed by atoms with van der Waals surface area (Å²) in [6.07, 6.45) is 1.68. The summed E-state index contributed by atoms with van der Waals surface area (Å²) < 4.78 is 1.47. The van der Waals surface area contributed by atoms with Gasteiger partial charge >= 0.3 is 0 Å². The van der Waals surface area contributed by atoms with E-state index < -0.39 is 0 Å². The molecule has 0 atom stereocenters. The number of aryl methyl sites for hydroxylation is 1. The molecule has 43 heavy (non-hydrogen) atoms. The van der Waals surface area contributed by atoms with E-state index in [1.807, 2.05) is 49.4 Å². The van der Waals surface area contributed by atoms with E-state index in [-0.39, 0.29) is 28.6 Å². The minimum Gasteiger partial charge on any atom is -0.351 e. The molecule has 4 rings (SSSR count). The van der Waals surface area contributed by atoms with E-state index in [9.17, 15) is 14.4 Å². The molecule has 9 heteroatoms. The number of anilines is 3. The standard InChI is InChI=1S/C34H39N5O3S/c1-7-43-20-19-35-31(40)23-13-17-26(18-14-23)36-30-33(42)39(6)21-29(37-30)27-9-8-10-28(22(27)2)38-32(41)24-11-15-25(16-12-24)34(3,4)5/h8-18,21H,7,19-20H2,1-6H3,(H,35,40)(H,36,37)(H,38,41). The number of hydrogen-bond donors (Lipinski definition) is 3. The molecule has 0 spiro atoms. The monoisotopic (exact) mass is 597 g/mol. The highest BCUT2D eigenvalue weighted by molar-refractivity contribution is 7.99. The molecule has 0 aliphatic carbocycles. The highest BCUT2D eigenvalue weighted by Gasteiger charge is 2.17. The summed E-state index contributed by atoms with van der Waals surface area (Å²) in [6.45, 7) is 11.0. The van der Waals surface area contributed by atoms with Gasteiger partial charge in [-0.1, -0.05) is 52.0 Å². The molecular formula is C34H39N5O3S. The van der Waals surface area contributed by atoms with Gasteiger partial charge in [0.05, 0.1) is 5.69 Å². The highest BCUT2D eigenvalue weighted by atomic mass is 32.2. The average Bonchev–Trinajstić information content (AvgIpc) is 2.98. The fourth-order valence-electron chi connectivity index (χ4n) is 4.51. The zero-order chi connectivity index (χ0) is 31.1. The molecule has 2 amide bonds. The average molecular weight is 598 g/mol. The summed E-state index contributed by atoms with van der Waals surface area (Å²) in [5, 5.41) is 9.04. The van der Waals surface area contributed by atoms with Gasteiger partial charge in [-0.15, -0.1) is 0 Å². The first-order valence-electron chi connectivity index (χ1n) is 14.3. The van der Waals surface area contributed by atoms with E-state index in [0.29, 0.717) is 34.7 Å². The molecular weight excluding hydrogens is 558 g/mol. The maximum atomic E-state index is 13.1. The summed E-state index contributed by atoms with van der Waals surface area (Å²) in [5.41, 5.74) is 5.47. The van der Waals surface area contributed by atoms with Crippen molar-refractivity contribution >= 4 is 40.8 Å². The number of nitrogens with zero attached hydrogens (tertiary/aromatic N) is 2. The van der Waals surface area contributed by atoms with Gasteiger partial charge in [-0.2, -0.15) is 11.8 Å². The first-order chi connectivity index (χ1) is 20.5. The zero-order valence-corrected chi connectivity index (χ0v) is 26.4. The zero-order valence-electron chi connectivity index (χ0n) is 25.6. The number of thioether (sulfide) groups is 1. The van der Waals surface area contributed by atoms with Gasteiger partial charge in [-0.05, 0) is 71.7 Å². The van der Waals surface area contributed by atoms with Crippen LogP contribution in [0.1, 0.15) is 59.5 Å². The first kappa shape index (κ1) is 31.6. The second-order valence-corrected chi connectivity index (χ2v) is 12.7.